The van der Waals surface area contributed by atoms with Gasteiger partial charge in [0.1, 0.15) is 0 Å². The van der Waals surface area contributed by atoms with Crippen molar-refractivity contribution in [1.82, 2.24) is 8.61 Å². The van der Waals surface area contributed by atoms with Crippen LogP contribution in [0.5, 0.6) is 0 Å². The van der Waals surface area contributed by atoms with Gasteiger partial charge in [0, 0.05) is 67.7 Å². The molecule has 1 aliphatic carbocycles. The predicted octanol–water partition coefficient (Wildman–Crippen LogP) is 5.08. The van der Waals surface area contributed by atoms with Crippen LogP contribution in [-0.2, 0) is 11.3 Å². The van der Waals surface area contributed by atoms with E-state index in [9.17, 15) is 4.79 Å². The number of ether oxygens (including phenoxy) is 1. The molecule has 0 unspecified atom stereocenters. The van der Waals surface area contributed by atoms with Crippen molar-refractivity contribution in [2.45, 2.75) is 31.6 Å². The molecule has 0 spiro atoms. The molecule has 21 heavy (non-hydrogen) atoms. The Bertz CT molecular complexity index is 461. The molecule has 0 radical (unpaired) electrons. The fourth-order valence-corrected chi connectivity index (χ4v) is 4.70. The van der Waals surface area contributed by atoms with Crippen LogP contribution in [0.15, 0.2) is 30.3 Å². The summed E-state index contributed by atoms with van der Waals surface area (Å²) in [5.74, 6) is 0. The second-order valence-electron chi connectivity index (χ2n) is 4.79. The molecule has 0 saturated heterocycles. The molecule has 4 nitrogen and oxygen atoms in total. The predicted molar refractivity (Wildman–Crippen MR) is 106 cm³/mol. The average molecular weight is 550 g/mol. The number of benzene rings is 1. The summed E-state index contributed by atoms with van der Waals surface area (Å²) in [4.78, 5) is 12.2. The zero-order valence-electron chi connectivity index (χ0n) is 11.4. The fourth-order valence-electron chi connectivity index (χ4n) is 2.06. The van der Waals surface area contributed by atoms with Crippen molar-refractivity contribution in [3.8, 4) is 0 Å². The molecule has 0 N–H and O–H groups in total. The Morgan fingerprint density at radius 1 is 1.29 bits per heavy atom. The maximum absolute atomic E-state index is 12.2. The van der Waals surface area contributed by atoms with Gasteiger partial charge in [-0.1, -0.05) is 30.3 Å². The number of urea groups is 1. The highest BCUT2D eigenvalue weighted by atomic mass is 127. The third-order valence-corrected chi connectivity index (χ3v) is 7.38. The van der Waals surface area contributed by atoms with Crippen molar-refractivity contribution in [1.29, 1.82) is 0 Å². The van der Waals surface area contributed by atoms with E-state index in [4.69, 9.17) is 4.74 Å². The average Bonchev–Trinajstić information content (AvgIpc) is 2.49. The Kier molecular flexibility index (Phi) is 7.73. The molecular weight excluding hydrogens is 534 g/mol. The first kappa shape index (κ1) is 18.0. The van der Waals surface area contributed by atoms with Gasteiger partial charge in [0.05, 0.1) is 18.8 Å². The van der Waals surface area contributed by atoms with Gasteiger partial charge in [-0.2, -0.15) is 0 Å². The van der Waals surface area contributed by atoms with Gasteiger partial charge in [0.2, 0.25) is 0 Å². The Morgan fingerprint density at radius 3 is 2.52 bits per heavy atom. The molecular formula is C13H16I2N2O2S2. The molecule has 116 valence electrons. The van der Waals surface area contributed by atoms with Crippen LogP contribution in [0.4, 0.5) is 4.79 Å². The molecule has 0 bridgehead atoms. The molecule has 1 aliphatic rings. The summed E-state index contributed by atoms with van der Waals surface area (Å²) in [6.45, 7) is 0.646. The van der Waals surface area contributed by atoms with Gasteiger partial charge >= 0.3 is 6.03 Å². The number of halogens is 2. The minimum atomic E-state index is 0.0420. The summed E-state index contributed by atoms with van der Waals surface area (Å²) in [7, 11) is 4.66. The number of carbonyl (C=O) groups is 1. The van der Waals surface area contributed by atoms with Crippen molar-refractivity contribution in [3.05, 3.63) is 35.9 Å². The highest BCUT2D eigenvalue weighted by molar-refractivity contribution is 14.2. The highest BCUT2D eigenvalue weighted by Crippen LogP contribution is 2.37. The SMILES string of the molecule is CN(SI)C(=O)N(SI)C1CC(OCc2ccccc2)C1. The highest BCUT2D eigenvalue weighted by Gasteiger charge is 2.38. The van der Waals surface area contributed by atoms with Gasteiger partial charge in [0.25, 0.3) is 0 Å². The molecule has 1 saturated carbocycles. The minimum Gasteiger partial charge on any atom is -0.373 e. The van der Waals surface area contributed by atoms with Crippen LogP contribution < -0.4 is 0 Å². The first-order valence-corrected chi connectivity index (χ1v) is 13.1. The van der Waals surface area contributed by atoms with E-state index in [0.29, 0.717) is 6.61 Å². The van der Waals surface area contributed by atoms with Crippen LogP contribution >= 0.6 is 60.6 Å². The van der Waals surface area contributed by atoms with Crippen molar-refractivity contribution < 1.29 is 9.53 Å². The van der Waals surface area contributed by atoms with Crippen LogP contribution in [0.3, 0.4) is 0 Å². The van der Waals surface area contributed by atoms with E-state index >= 15 is 0 Å². The van der Waals surface area contributed by atoms with E-state index < -0.39 is 0 Å². The molecule has 1 aromatic rings. The summed E-state index contributed by atoms with van der Waals surface area (Å²) in [6, 6.07) is 10.5. The number of carbonyl (C=O) groups excluding carboxylic acids is 1. The zero-order valence-corrected chi connectivity index (χ0v) is 17.4. The molecule has 0 atom stereocenters. The van der Waals surface area contributed by atoms with Gasteiger partial charge in [0.15, 0.2) is 0 Å². The molecule has 0 heterocycles. The van der Waals surface area contributed by atoms with Crippen LogP contribution in [0.2, 0.25) is 0 Å². The number of amides is 2. The van der Waals surface area contributed by atoms with Crippen molar-refractivity contribution in [2.24, 2.45) is 0 Å². The maximum Gasteiger partial charge on any atom is 0.341 e. The van der Waals surface area contributed by atoms with E-state index in [0.717, 1.165) is 12.8 Å². The monoisotopic (exact) mass is 550 g/mol. The number of hydrogen-bond acceptors (Lipinski definition) is 4. The van der Waals surface area contributed by atoms with Crippen LogP contribution in [0.1, 0.15) is 18.4 Å². The standard InChI is InChI=1S/C13H16I2N2O2S2/c1-16(20-14)13(18)17(21-15)11-7-12(8-11)19-9-10-5-3-2-4-6-10/h2-6,11-12H,7-9H2,1H3. The Morgan fingerprint density at radius 2 is 1.95 bits per heavy atom. The smallest absolute Gasteiger partial charge is 0.341 e. The summed E-state index contributed by atoms with van der Waals surface area (Å²) < 4.78 is 9.37. The normalized spacial score (nSPS) is 20.7. The molecule has 0 aromatic heterocycles. The molecule has 0 aliphatic heterocycles. The van der Waals surface area contributed by atoms with Crippen molar-refractivity contribution in [2.75, 3.05) is 7.05 Å². The maximum atomic E-state index is 12.2. The molecule has 2 rings (SSSR count). The van der Waals surface area contributed by atoms with Crippen LogP contribution in [0.25, 0.3) is 0 Å². The third-order valence-electron chi connectivity index (χ3n) is 3.37. The Labute approximate surface area is 158 Å². The van der Waals surface area contributed by atoms with E-state index in [2.05, 4.69) is 54.5 Å². The largest absolute Gasteiger partial charge is 0.373 e. The van der Waals surface area contributed by atoms with Gasteiger partial charge in [-0.05, 0) is 18.4 Å². The Hall–Kier alpha value is 0.610. The molecule has 8 heteroatoms. The Balaban J connectivity index is 1.76. The quantitative estimate of drug-likeness (QED) is 0.366. The van der Waals surface area contributed by atoms with Crippen molar-refractivity contribution in [3.63, 3.8) is 0 Å². The van der Waals surface area contributed by atoms with E-state index in [1.54, 1.807) is 11.4 Å². The lowest BCUT2D eigenvalue weighted by molar-refractivity contribution is -0.0358. The van der Waals surface area contributed by atoms with E-state index in [1.165, 1.54) is 23.8 Å². The van der Waals surface area contributed by atoms with E-state index in [-0.39, 0.29) is 18.2 Å². The summed E-state index contributed by atoms with van der Waals surface area (Å²) >= 11 is 4.28. The lowest BCUT2D eigenvalue weighted by Gasteiger charge is -2.41. The lowest BCUT2D eigenvalue weighted by atomic mass is 9.89. The first-order chi connectivity index (χ1) is 10.2. The first-order valence-electron chi connectivity index (χ1n) is 6.45. The third kappa shape index (κ3) is 5.05. The number of rotatable bonds is 6. The fraction of sp³-hybridized carbons (Fsp3) is 0.462. The minimum absolute atomic E-state index is 0.0420. The summed E-state index contributed by atoms with van der Waals surface area (Å²) in [6.07, 6.45) is 2.08. The van der Waals surface area contributed by atoms with Crippen molar-refractivity contribution >= 4 is 66.7 Å². The molecule has 1 aromatic carbocycles. The number of hydrogen-bond donors (Lipinski definition) is 0. The molecule has 1 fully saturated rings. The molecule has 2 amide bonds. The number of nitrogens with zero attached hydrogens (tertiary/aromatic N) is 2. The topological polar surface area (TPSA) is 32.8 Å². The zero-order chi connectivity index (χ0) is 15.2. The van der Waals surface area contributed by atoms with Crippen LogP contribution in [-0.4, -0.2) is 33.8 Å². The van der Waals surface area contributed by atoms with Gasteiger partial charge < -0.3 is 4.74 Å². The van der Waals surface area contributed by atoms with E-state index in [1.807, 2.05) is 22.5 Å². The lowest BCUT2D eigenvalue weighted by Crippen LogP contribution is -2.49. The second-order valence-corrected chi connectivity index (χ2v) is 8.37. The van der Waals surface area contributed by atoms with Crippen LogP contribution in [0, 0.1) is 0 Å². The van der Waals surface area contributed by atoms with Gasteiger partial charge in [-0.15, -0.1) is 0 Å². The summed E-state index contributed by atoms with van der Waals surface area (Å²) in [5, 5.41) is 0. The second kappa shape index (κ2) is 9.04. The summed E-state index contributed by atoms with van der Waals surface area (Å²) in [5.41, 5.74) is 1.19. The van der Waals surface area contributed by atoms with Gasteiger partial charge in [-0.25, -0.2) is 4.79 Å². The van der Waals surface area contributed by atoms with Gasteiger partial charge in [-0.3, -0.25) is 8.61 Å².